The average Bonchev–Trinajstić information content (AvgIpc) is 2.85. The van der Waals surface area contributed by atoms with Gasteiger partial charge in [-0.15, -0.1) is 0 Å². The minimum absolute atomic E-state index is 0.163. The summed E-state index contributed by atoms with van der Waals surface area (Å²) in [4.78, 5) is 21.7. The molecule has 0 saturated heterocycles. The molecule has 0 unspecified atom stereocenters. The third-order valence-corrected chi connectivity index (χ3v) is 4.72. The second kappa shape index (κ2) is 10.0. The standard InChI is InChI=1S/C26H22N4O2/c1-32-22-14-12-21(13-15-22)30-26-23(10-6-18-28-26)24(31)16-11-19-7-5-17-27-25(19)29-20-8-3-2-4-9-20/h2-18H,1H3,(H,27,29)(H,28,30)/b16-11+. The average molecular weight is 422 g/mol. The maximum atomic E-state index is 13.0. The molecule has 0 amide bonds. The normalized spacial score (nSPS) is 10.7. The molecule has 2 heterocycles. The number of nitrogens with one attached hydrogen (secondary N) is 2. The Morgan fingerprint density at radius 3 is 2.19 bits per heavy atom. The van der Waals surface area contributed by atoms with Crippen molar-refractivity contribution >= 4 is 34.9 Å². The van der Waals surface area contributed by atoms with Crippen LogP contribution in [0.2, 0.25) is 0 Å². The summed E-state index contributed by atoms with van der Waals surface area (Å²) >= 11 is 0. The van der Waals surface area contributed by atoms with E-state index in [0.29, 0.717) is 17.2 Å². The molecule has 0 radical (unpaired) electrons. The Morgan fingerprint density at radius 2 is 1.44 bits per heavy atom. The number of benzene rings is 2. The maximum Gasteiger partial charge on any atom is 0.189 e. The monoisotopic (exact) mass is 422 g/mol. The molecule has 2 aromatic carbocycles. The highest BCUT2D eigenvalue weighted by Crippen LogP contribution is 2.23. The van der Waals surface area contributed by atoms with Gasteiger partial charge in [0.05, 0.1) is 12.7 Å². The second-order valence-electron chi connectivity index (χ2n) is 6.88. The SMILES string of the molecule is COc1ccc(Nc2ncccc2C(=O)/C=C/c2cccnc2Nc2ccccc2)cc1. The largest absolute Gasteiger partial charge is 0.497 e. The van der Waals surface area contributed by atoms with Crippen LogP contribution in [0.1, 0.15) is 15.9 Å². The minimum atomic E-state index is -0.163. The van der Waals surface area contributed by atoms with Crippen molar-refractivity contribution in [2.45, 2.75) is 0 Å². The Labute approximate surface area is 186 Å². The fraction of sp³-hybridized carbons (Fsp3) is 0.0385. The van der Waals surface area contributed by atoms with Gasteiger partial charge < -0.3 is 15.4 Å². The summed E-state index contributed by atoms with van der Waals surface area (Å²) in [7, 11) is 1.62. The third-order valence-electron chi connectivity index (χ3n) is 4.72. The minimum Gasteiger partial charge on any atom is -0.497 e. The summed E-state index contributed by atoms with van der Waals surface area (Å²) in [5.74, 6) is 1.75. The molecule has 0 aliphatic heterocycles. The van der Waals surface area contributed by atoms with Crippen molar-refractivity contribution in [1.29, 1.82) is 0 Å². The summed E-state index contributed by atoms with van der Waals surface area (Å²) in [5.41, 5.74) is 3.01. The van der Waals surface area contributed by atoms with E-state index in [-0.39, 0.29) is 5.78 Å². The quantitative estimate of drug-likeness (QED) is 0.273. The van der Waals surface area contributed by atoms with Gasteiger partial charge >= 0.3 is 0 Å². The molecule has 4 aromatic rings. The van der Waals surface area contributed by atoms with Gasteiger partial charge in [-0.2, -0.15) is 0 Å². The Hall–Kier alpha value is -4.45. The number of hydrogen-bond acceptors (Lipinski definition) is 6. The van der Waals surface area contributed by atoms with Crippen molar-refractivity contribution in [1.82, 2.24) is 9.97 Å². The number of anilines is 4. The van der Waals surface area contributed by atoms with Crippen molar-refractivity contribution in [3.05, 3.63) is 108 Å². The number of nitrogens with zero attached hydrogens (tertiary/aromatic N) is 2. The van der Waals surface area contributed by atoms with Crippen molar-refractivity contribution in [3.8, 4) is 5.75 Å². The number of pyridine rings is 2. The zero-order valence-electron chi connectivity index (χ0n) is 17.5. The number of carbonyl (C=O) groups is 1. The predicted octanol–water partition coefficient (Wildman–Crippen LogP) is 5.87. The third kappa shape index (κ3) is 5.17. The second-order valence-corrected chi connectivity index (χ2v) is 6.88. The Morgan fingerprint density at radius 1 is 0.781 bits per heavy atom. The van der Waals surface area contributed by atoms with Gasteiger partial charge in [-0.25, -0.2) is 9.97 Å². The Balaban J connectivity index is 1.53. The summed E-state index contributed by atoms with van der Waals surface area (Å²) in [6.07, 6.45) is 6.64. The van der Waals surface area contributed by atoms with Gasteiger partial charge in [0.25, 0.3) is 0 Å². The van der Waals surface area contributed by atoms with E-state index in [4.69, 9.17) is 4.74 Å². The van der Waals surface area contributed by atoms with E-state index < -0.39 is 0 Å². The molecule has 0 aliphatic carbocycles. The predicted molar refractivity (Wildman–Crippen MR) is 128 cm³/mol. The van der Waals surface area contributed by atoms with E-state index in [1.54, 1.807) is 37.7 Å². The first-order valence-corrected chi connectivity index (χ1v) is 10.1. The molecule has 6 heteroatoms. The number of ketones is 1. The molecular weight excluding hydrogens is 400 g/mol. The lowest BCUT2D eigenvalue weighted by Crippen LogP contribution is -2.03. The lowest BCUT2D eigenvalue weighted by molar-refractivity contribution is 0.104. The van der Waals surface area contributed by atoms with Crippen LogP contribution in [-0.2, 0) is 0 Å². The molecule has 0 spiro atoms. The number of ether oxygens (including phenoxy) is 1. The van der Waals surface area contributed by atoms with E-state index in [1.165, 1.54) is 6.08 Å². The van der Waals surface area contributed by atoms with Crippen LogP contribution in [0.15, 0.2) is 97.3 Å². The van der Waals surface area contributed by atoms with Gasteiger partial charge in [0, 0.05) is 29.3 Å². The molecule has 0 bridgehead atoms. The number of aromatic nitrogens is 2. The smallest absolute Gasteiger partial charge is 0.189 e. The molecule has 158 valence electrons. The first-order valence-electron chi connectivity index (χ1n) is 10.1. The topological polar surface area (TPSA) is 76.1 Å². The van der Waals surface area contributed by atoms with E-state index in [0.717, 1.165) is 22.7 Å². The molecule has 0 fully saturated rings. The molecule has 0 saturated carbocycles. The summed E-state index contributed by atoms with van der Waals surface area (Å²) < 4.78 is 5.19. The Kier molecular flexibility index (Phi) is 6.53. The summed E-state index contributed by atoms with van der Waals surface area (Å²) in [5, 5.41) is 6.48. The summed E-state index contributed by atoms with van der Waals surface area (Å²) in [6, 6.07) is 24.4. The number of methoxy groups -OCH3 is 1. The van der Waals surface area contributed by atoms with Crippen LogP contribution in [0.3, 0.4) is 0 Å². The fourth-order valence-electron chi connectivity index (χ4n) is 3.08. The highest BCUT2D eigenvalue weighted by molar-refractivity contribution is 6.10. The molecular formula is C26H22N4O2. The number of rotatable bonds is 8. The van der Waals surface area contributed by atoms with Crippen LogP contribution < -0.4 is 15.4 Å². The van der Waals surface area contributed by atoms with Gasteiger partial charge in [-0.1, -0.05) is 18.2 Å². The number of para-hydroxylation sites is 1. The molecule has 6 nitrogen and oxygen atoms in total. The van der Waals surface area contributed by atoms with E-state index >= 15 is 0 Å². The van der Waals surface area contributed by atoms with Gasteiger partial charge in [-0.05, 0) is 72.8 Å². The molecule has 32 heavy (non-hydrogen) atoms. The summed E-state index contributed by atoms with van der Waals surface area (Å²) in [6.45, 7) is 0. The number of carbonyl (C=O) groups excluding carboxylic acids is 1. The number of allylic oxidation sites excluding steroid dienone is 1. The van der Waals surface area contributed by atoms with E-state index in [9.17, 15) is 4.79 Å². The van der Waals surface area contributed by atoms with Gasteiger partial charge in [0.15, 0.2) is 5.78 Å². The molecule has 4 rings (SSSR count). The zero-order valence-corrected chi connectivity index (χ0v) is 17.5. The van der Waals surface area contributed by atoms with Crippen LogP contribution in [0.4, 0.5) is 23.0 Å². The van der Waals surface area contributed by atoms with Crippen molar-refractivity contribution < 1.29 is 9.53 Å². The molecule has 0 aliphatic rings. The van der Waals surface area contributed by atoms with Gasteiger partial charge in [-0.3, -0.25) is 4.79 Å². The first kappa shape index (κ1) is 20.8. The van der Waals surface area contributed by atoms with Crippen LogP contribution in [0.25, 0.3) is 6.08 Å². The zero-order chi connectivity index (χ0) is 22.2. The van der Waals surface area contributed by atoms with Gasteiger partial charge in [0.1, 0.15) is 17.4 Å². The van der Waals surface area contributed by atoms with Gasteiger partial charge in [0.2, 0.25) is 0 Å². The fourth-order valence-corrected chi connectivity index (χ4v) is 3.08. The molecule has 2 aromatic heterocycles. The number of hydrogen-bond donors (Lipinski definition) is 2. The first-order chi connectivity index (χ1) is 15.7. The highest BCUT2D eigenvalue weighted by Gasteiger charge is 2.11. The van der Waals surface area contributed by atoms with Crippen LogP contribution in [-0.4, -0.2) is 22.9 Å². The van der Waals surface area contributed by atoms with Crippen molar-refractivity contribution in [2.24, 2.45) is 0 Å². The van der Waals surface area contributed by atoms with E-state index in [2.05, 4.69) is 20.6 Å². The lowest BCUT2D eigenvalue weighted by atomic mass is 10.1. The van der Waals surface area contributed by atoms with E-state index in [1.807, 2.05) is 66.7 Å². The van der Waals surface area contributed by atoms with Crippen molar-refractivity contribution in [2.75, 3.05) is 17.7 Å². The molecule has 0 atom stereocenters. The maximum absolute atomic E-state index is 13.0. The Bertz CT molecular complexity index is 1220. The molecule has 2 N–H and O–H groups in total. The highest BCUT2D eigenvalue weighted by atomic mass is 16.5. The van der Waals surface area contributed by atoms with Crippen LogP contribution >= 0.6 is 0 Å². The van der Waals surface area contributed by atoms with Crippen LogP contribution in [0.5, 0.6) is 5.75 Å². The van der Waals surface area contributed by atoms with Crippen LogP contribution in [0, 0.1) is 0 Å². The van der Waals surface area contributed by atoms with Crippen molar-refractivity contribution in [3.63, 3.8) is 0 Å². The lowest BCUT2D eigenvalue weighted by Gasteiger charge is -2.10.